The van der Waals surface area contributed by atoms with Gasteiger partial charge in [-0.1, -0.05) is 20.3 Å². The van der Waals surface area contributed by atoms with Gasteiger partial charge in [-0.3, -0.25) is 4.79 Å². The van der Waals surface area contributed by atoms with Gasteiger partial charge in [0.2, 0.25) is 0 Å². The molecular weight excluding hydrogens is 244 g/mol. The third-order valence-electron chi connectivity index (χ3n) is 3.76. The van der Waals surface area contributed by atoms with Crippen molar-refractivity contribution in [2.24, 2.45) is 5.41 Å². The van der Waals surface area contributed by atoms with E-state index in [-0.39, 0.29) is 18.5 Å². The molecule has 0 spiro atoms. The highest BCUT2D eigenvalue weighted by Gasteiger charge is 2.29. The molecule has 5 nitrogen and oxygen atoms in total. The molecule has 1 aliphatic rings. The fourth-order valence-electron chi connectivity index (χ4n) is 2.68. The van der Waals surface area contributed by atoms with Crippen molar-refractivity contribution >= 4 is 12.0 Å². The summed E-state index contributed by atoms with van der Waals surface area (Å²) in [5.74, 6) is -0.817. The van der Waals surface area contributed by atoms with Crippen LogP contribution < -0.4 is 5.32 Å². The minimum absolute atomic E-state index is 0.0897. The van der Waals surface area contributed by atoms with Gasteiger partial charge in [0.15, 0.2) is 0 Å². The van der Waals surface area contributed by atoms with Gasteiger partial charge in [-0.2, -0.15) is 0 Å². The average Bonchev–Trinajstić information content (AvgIpc) is 2.26. The number of nitrogens with zero attached hydrogens (tertiary/aromatic N) is 1. The van der Waals surface area contributed by atoms with Crippen LogP contribution in [0, 0.1) is 5.41 Å². The second-order valence-electron chi connectivity index (χ2n) is 6.33. The zero-order chi connectivity index (χ0) is 14.5. The molecule has 110 valence electrons. The van der Waals surface area contributed by atoms with E-state index in [9.17, 15) is 9.59 Å². The topological polar surface area (TPSA) is 69.6 Å². The van der Waals surface area contributed by atoms with E-state index in [1.165, 1.54) is 6.42 Å². The van der Waals surface area contributed by atoms with E-state index in [1.54, 1.807) is 11.9 Å². The summed E-state index contributed by atoms with van der Waals surface area (Å²) in [5.41, 5.74) is 0.304. The Kier molecular flexibility index (Phi) is 5.63. The maximum atomic E-state index is 12.0. The number of carboxylic acid groups (broad SMARTS) is 1. The summed E-state index contributed by atoms with van der Waals surface area (Å²) in [7, 11) is 1.71. The fraction of sp³-hybridized carbons (Fsp3) is 0.857. The number of hydrogen-bond donors (Lipinski definition) is 2. The van der Waals surface area contributed by atoms with E-state index in [4.69, 9.17) is 5.11 Å². The van der Waals surface area contributed by atoms with Gasteiger partial charge in [-0.15, -0.1) is 0 Å². The van der Waals surface area contributed by atoms with Crippen molar-refractivity contribution in [1.29, 1.82) is 0 Å². The predicted octanol–water partition coefficient (Wildman–Crippen LogP) is 2.46. The van der Waals surface area contributed by atoms with E-state index in [2.05, 4.69) is 19.2 Å². The molecule has 0 aromatic heterocycles. The Morgan fingerprint density at radius 3 is 2.68 bits per heavy atom. The number of urea groups is 1. The first-order valence-electron chi connectivity index (χ1n) is 7.03. The first kappa shape index (κ1) is 15.8. The molecule has 1 rings (SSSR count). The Morgan fingerprint density at radius 1 is 1.42 bits per heavy atom. The Morgan fingerprint density at radius 2 is 2.11 bits per heavy atom. The van der Waals surface area contributed by atoms with Crippen molar-refractivity contribution in [2.75, 3.05) is 13.6 Å². The van der Waals surface area contributed by atoms with Crippen LogP contribution >= 0.6 is 0 Å². The number of carbonyl (C=O) groups is 2. The number of hydrogen-bond acceptors (Lipinski definition) is 2. The summed E-state index contributed by atoms with van der Waals surface area (Å²) in [5, 5.41) is 11.6. The highest BCUT2D eigenvalue weighted by molar-refractivity contribution is 5.74. The van der Waals surface area contributed by atoms with Crippen LogP contribution in [0.25, 0.3) is 0 Å². The zero-order valence-corrected chi connectivity index (χ0v) is 12.2. The molecule has 1 saturated carbocycles. The summed E-state index contributed by atoms with van der Waals surface area (Å²) < 4.78 is 0. The zero-order valence-electron chi connectivity index (χ0n) is 12.2. The number of rotatable bonds is 5. The number of nitrogens with one attached hydrogen (secondary N) is 1. The van der Waals surface area contributed by atoms with Gasteiger partial charge in [0.05, 0.1) is 0 Å². The lowest BCUT2D eigenvalue weighted by Gasteiger charge is -2.36. The van der Waals surface area contributed by atoms with Gasteiger partial charge in [-0.05, 0) is 31.1 Å². The summed E-state index contributed by atoms with van der Waals surface area (Å²) in [4.78, 5) is 24.0. The fourth-order valence-corrected chi connectivity index (χ4v) is 2.68. The number of carbonyl (C=O) groups excluding carboxylic acids is 1. The number of amides is 2. The summed E-state index contributed by atoms with van der Waals surface area (Å²) >= 11 is 0. The molecule has 0 aromatic carbocycles. The van der Waals surface area contributed by atoms with Gasteiger partial charge in [-0.25, -0.2) is 4.79 Å². The molecule has 1 fully saturated rings. The van der Waals surface area contributed by atoms with Crippen molar-refractivity contribution in [3.63, 3.8) is 0 Å². The van der Waals surface area contributed by atoms with Crippen LogP contribution in [0.1, 0.15) is 52.4 Å². The maximum Gasteiger partial charge on any atom is 0.317 e. The van der Waals surface area contributed by atoms with Gasteiger partial charge in [0, 0.05) is 26.1 Å². The minimum Gasteiger partial charge on any atom is -0.481 e. The Balaban J connectivity index is 2.31. The van der Waals surface area contributed by atoms with Crippen LogP contribution in [-0.2, 0) is 4.79 Å². The van der Waals surface area contributed by atoms with Crippen LogP contribution in [-0.4, -0.2) is 41.6 Å². The van der Waals surface area contributed by atoms with E-state index < -0.39 is 5.97 Å². The molecule has 0 heterocycles. The van der Waals surface area contributed by atoms with Crippen LogP contribution in [0.5, 0.6) is 0 Å². The van der Waals surface area contributed by atoms with Crippen LogP contribution in [0.2, 0.25) is 0 Å². The van der Waals surface area contributed by atoms with Gasteiger partial charge in [0.25, 0.3) is 0 Å². The first-order chi connectivity index (χ1) is 8.80. The SMILES string of the molecule is CN(CCCC(=O)O)C(=O)NC1CCCC(C)(C)C1. The largest absolute Gasteiger partial charge is 0.481 e. The lowest BCUT2D eigenvalue weighted by Crippen LogP contribution is -2.46. The van der Waals surface area contributed by atoms with Crippen LogP contribution in [0.3, 0.4) is 0 Å². The molecule has 0 saturated heterocycles. The third kappa shape index (κ3) is 5.94. The molecule has 1 aliphatic carbocycles. The molecule has 0 radical (unpaired) electrons. The second kappa shape index (κ2) is 6.78. The Hall–Kier alpha value is -1.26. The molecule has 2 N–H and O–H groups in total. The van der Waals surface area contributed by atoms with Crippen LogP contribution in [0.15, 0.2) is 0 Å². The molecule has 5 heteroatoms. The van der Waals surface area contributed by atoms with Gasteiger partial charge < -0.3 is 15.3 Å². The minimum atomic E-state index is -0.817. The third-order valence-corrected chi connectivity index (χ3v) is 3.76. The normalized spacial score (nSPS) is 21.7. The molecule has 0 aliphatic heterocycles. The number of carboxylic acids is 1. The van der Waals surface area contributed by atoms with E-state index in [1.807, 2.05) is 0 Å². The summed E-state index contributed by atoms with van der Waals surface area (Å²) in [6, 6.07) is 0.159. The average molecular weight is 270 g/mol. The maximum absolute atomic E-state index is 12.0. The van der Waals surface area contributed by atoms with E-state index >= 15 is 0 Å². The molecule has 2 amide bonds. The van der Waals surface area contributed by atoms with Crippen molar-refractivity contribution < 1.29 is 14.7 Å². The summed E-state index contributed by atoms with van der Waals surface area (Å²) in [6.07, 6.45) is 5.03. The number of aliphatic carboxylic acids is 1. The highest BCUT2D eigenvalue weighted by Crippen LogP contribution is 2.35. The standard InChI is InChI=1S/C14H26N2O3/c1-14(2)8-4-6-11(10-14)15-13(19)16(3)9-5-7-12(17)18/h11H,4-10H2,1-3H3,(H,15,19)(H,17,18). The molecule has 1 atom stereocenters. The van der Waals surface area contributed by atoms with Crippen molar-refractivity contribution in [2.45, 2.75) is 58.4 Å². The van der Waals surface area contributed by atoms with Crippen molar-refractivity contribution in [3.05, 3.63) is 0 Å². The van der Waals surface area contributed by atoms with E-state index in [0.717, 1.165) is 19.3 Å². The Labute approximate surface area is 115 Å². The van der Waals surface area contributed by atoms with Gasteiger partial charge >= 0.3 is 12.0 Å². The van der Waals surface area contributed by atoms with Gasteiger partial charge in [0.1, 0.15) is 0 Å². The lowest BCUT2D eigenvalue weighted by molar-refractivity contribution is -0.137. The van der Waals surface area contributed by atoms with Crippen molar-refractivity contribution in [3.8, 4) is 0 Å². The lowest BCUT2D eigenvalue weighted by atomic mass is 9.75. The monoisotopic (exact) mass is 270 g/mol. The molecule has 19 heavy (non-hydrogen) atoms. The Bertz CT molecular complexity index is 329. The molecule has 0 bridgehead atoms. The van der Waals surface area contributed by atoms with Crippen LogP contribution in [0.4, 0.5) is 4.79 Å². The smallest absolute Gasteiger partial charge is 0.317 e. The predicted molar refractivity (Wildman–Crippen MR) is 74.1 cm³/mol. The molecular formula is C14H26N2O3. The summed E-state index contributed by atoms with van der Waals surface area (Å²) in [6.45, 7) is 4.96. The molecule has 1 unspecified atom stereocenters. The first-order valence-corrected chi connectivity index (χ1v) is 7.03. The molecule has 0 aromatic rings. The second-order valence-corrected chi connectivity index (χ2v) is 6.33. The van der Waals surface area contributed by atoms with E-state index in [0.29, 0.717) is 18.4 Å². The highest BCUT2D eigenvalue weighted by atomic mass is 16.4. The van der Waals surface area contributed by atoms with Crippen molar-refractivity contribution in [1.82, 2.24) is 10.2 Å². The quantitative estimate of drug-likeness (QED) is 0.806.